The van der Waals surface area contributed by atoms with Gasteiger partial charge in [0.15, 0.2) is 0 Å². The normalized spacial score (nSPS) is 10.7. The average Bonchev–Trinajstić information content (AvgIpc) is 2.20. The number of nitrogens with zero attached hydrogens (tertiary/aromatic N) is 1. The second-order valence-corrected chi connectivity index (χ2v) is 4.67. The highest BCUT2D eigenvalue weighted by atomic mass is 79.9. The number of aromatic nitrogens is 1. The van der Waals surface area contributed by atoms with Crippen LogP contribution in [0.2, 0.25) is 5.02 Å². The van der Waals surface area contributed by atoms with Crippen LogP contribution in [0.25, 0.3) is 10.9 Å². The fraction of sp³-hybridized carbons (Fsp3) is 0.0909. The lowest BCUT2D eigenvalue weighted by Crippen LogP contribution is -2.01. The number of rotatable bonds is 1. The number of hydrogen-bond acceptors (Lipinski definition) is 2. The van der Waals surface area contributed by atoms with E-state index in [0.717, 1.165) is 10.9 Å². The summed E-state index contributed by atoms with van der Waals surface area (Å²) in [6.45, 7) is 1.83. The number of hydrogen-bond donors (Lipinski definition) is 1. The predicted molar refractivity (Wildman–Crippen MR) is 66.1 cm³/mol. The van der Waals surface area contributed by atoms with Crippen molar-refractivity contribution < 1.29 is 9.90 Å². The summed E-state index contributed by atoms with van der Waals surface area (Å²) in [5, 5.41) is 10.3. The Labute approximate surface area is 105 Å². The first kappa shape index (κ1) is 11.4. The van der Waals surface area contributed by atoms with E-state index in [1.165, 1.54) is 6.07 Å². The molecule has 0 fully saturated rings. The number of carboxylic acids is 1. The number of halogens is 2. The van der Waals surface area contributed by atoms with E-state index in [9.17, 15) is 4.79 Å². The third kappa shape index (κ3) is 1.90. The Bertz CT molecular complexity index is 598. The topological polar surface area (TPSA) is 50.2 Å². The molecule has 1 aromatic heterocycles. The van der Waals surface area contributed by atoms with Crippen molar-refractivity contribution in [2.45, 2.75) is 6.92 Å². The number of carbonyl (C=O) groups is 1. The Morgan fingerprint density at radius 2 is 2.12 bits per heavy atom. The Hall–Kier alpha value is -1.13. The van der Waals surface area contributed by atoms with Gasteiger partial charge in [0.2, 0.25) is 0 Å². The lowest BCUT2D eigenvalue weighted by molar-refractivity contribution is 0.0691. The Kier molecular flexibility index (Phi) is 2.86. The third-order valence-electron chi connectivity index (χ3n) is 2.28. The van der Waals surface area contributed by atoms with Crippen molar-refractivity contribution in [2.75, 3.05) is 0 Å². The molecule has 16 heavy (non-hydrogen) atoms. The first-order valence-corrected chi connectivity index (χ1v) is 5.66. The molecule has 2 rings (SSSR count). The standard InChI is InChI=1S/C11H7BrClNO2/c1-5-2-10(11(15)16)14-9-4-7(12)8(13)3-6(5)9/h2-4H,1H3,(H,15,16). The largest absolute Gasteiger partial charge is 0.477 e. The van der Waals surface area contributed by atoms with E-state index in [2.05, 4.69) is 20.9 Å². The van der Waals surface area contributed by atoms with Gasteiger partial charge in [0, 0.05) is 9.86 Å². The maximum Gasteiger partial charge on any atom is 0.354 e. The molecule has 0 saturated carbocycles. The predicted octanol–water partition coefficient (Wildman–Crippen LogP) is 3.66. The summed E-state index contributed by atoms with van der Waals surface area (Å²) < 4.78 is 0.705. The zero-order chi connectivity index (χ0) is 11.9. The van der Waals surface area contributed by atoms with Gasteiger partial charge in [0.05, 0.1) is 10.5 Å². The Morgan fingerprint density at radius 3 is 2.75 bits per heavy atom. The highest BCUT2D eigenvalue weighted by Crippen LogP contribution is 2.29. The molecule has 1 heterocycles. The van der Waals surface area contributed by atoms with Crippen molar-refractivity contribution in [1.82, 2.24) is 4.98 Å². The summed E-state index contributed by atoms with van der Waals surface area (Å²) in [4.78, 5) is 14.9. The van der Waals surface area contributed by atoms with E-state index in [0.29, 0.717) is 15.0 Å². The fourth-order valence-electron chi connectivity index (χ4n) is 1.50. The van der Waals surface area contributed by atoms with E-state index in [1.54, 1.807) is 12.1 Å². The molecule has 2 aromatic rings. The maximum atomic E-state index is 10.8. The summed E-state index contributed by atoms with van der Waals surface area (Å²) in [6, 6.07) is 5.03. The van der Waals surface area contributed by atoms with Gasteiger partial charge in [-0.2, -0.15) is 0 Å². The number of benzene rings is 1. The first-order chi connectivity index (χ1) is 7.49. The quantitative estimate of drug-likeness (QED) is 0.874. The summed E-state index contributed by atoms with van der Waals surface area (Å²) in [5.74, 6) is -1.03. The van der Waals surface area contributed by atoms with Crippen LogP contribution >= 0.6 is 27.5 Å². The van der Waals surface area contributed by atoms with Gasteiger partial charge in [-0.3, -0.25) is 0 Å². The highest BCUT2D eigenvalue weighted by molar-refractivity contribution is 9.10. The fourth-order valence-corrected chi connectivity index (χ4v) is 1.99. The molecule has 0 unspecified atom stereocenters. The molecule has 0 spiro atoms. The zero-order valence-electron chi connectivity index (χ0n) is 8.29. The Balaban J connectivity index is 2.82. The molecule has 0 aliphatic rings. The van der Waals surface area contributed by atoms with E-state index >= 15 is 0 Å². The van der Waals surface area contributed by atoms with Crippen LogP contribution in [-0.2, 0) is 0 Å². The minimum absolute atomic E-state index is 0.0409. The van der Waals surface area contributed by atoms with E-state index in [1.807, 2.05) is 6.92 Å². The number of pyridine rings is 1. The van der Waals surface area contributed by atoms with Crippen LogP contribution in [0.5, 0.6) is 0 Å². The van der Waals surface area contributed by atoms with Crippen LogP contribution in [0.15, 0.2) is 22.7 Å². The van der Waals surface area contributed by atoms with Crippen LogP contribution in [0.3, 0.4) is 0 Å². The summed E-state index contributed by atoms with van der Waals surface area (Å²) in [5.41, 5.74) is 1.50. The van der Waals surface area contributed by atoms with Crippen molar-refractivity contribution in [3.63, 3.8) is 0 Å². The van der Waals surface area contributed by atoms with Crippen LogP contribution in [0.4, 0.5) is 0 Å². The van der Waals surface area contributed by atoms with E-state index in [-0.39, 0.29) is 5.69 Å². The molecule has 0 amide bonds. The lowest BCUT2D eigenvalue weighted by atomic mass is 10.1. The van der Waals surface area contributed by atoms with Crippen LogP contribution in [0, 0.1) is 6.92 Å². The second-order valence-electron chi connectivity index (χ2n) is 3.41. The van der Waals surface area contributed by atoms with Gasteiger partial charge in [-0.05, 0) is 46.6 Å². The van der Waals surface area contributed by atoms with Crippen molar-refractivity contribution in [3.8, 4) is 0 Å². The average molecular weight is 301 g/mol. The van der Waals surface area contributed by atoms with Crippen LogP contribution in [0.1, 0.15) is 16.1 Å². The number of aryl methyl sites for hydroxylation is 1. The van der Waals surface area contributed by atoms with Crippen molar-refractivity contribution in [1.29, 1.82) is 0 Å². The molecule has 3 nitrogen and oxygen atoms in total. The molecule has 0 saturated heterocycles. The maximum absolute atomic E-state index is 10.8. The van der Waals surface area contributed by atoms with Crippen LogP contribution in [-0.4, -0.2) is 16.1 Å². The van der Waals surface area contributed by atoms with Crippen molar-refractivity contribution in [3.05, 3.63) is 39.0 Å². The number of aromatic carboxylic acids is 1. The van der Waals surface area contributed by atoms with Crippen molar-refractivity contribution >= 4 is 44.4 Å². The second kappa shape index (κ2) is 4.03. The molecule has 5 heteroatoms. The summed E-state index contributed by atoms with van der Waals surface area (Å²) in [7, 11) is 0. The summed E-state index contributed by atoms with van der Waals surface area (Å²) >= 11 is 9.25. The monoisotopic (exact) mass is 299 g/mol. The van der Waals surface area contributed by atoms with Gasteiger partial charge < -0.3 is 5.11 Å². The lowest BCUT2D eigenvalue weighted by Gasteiger charge is -2.05. The minimum Gasteiger partial charge on any atom is -0.477 e. The molecule has 0 atom stereocenters. The van der Waals surface area contributed by atoms with Gasteiger partial charge >= 0.3 is 5.97 Å². The molecule has 0 aliphatic carbocycles. The van der Waals surface area contributed by atoms with Gasteiger partial charge in [-0.15, -0.1) is 0 Å². The van der Waals surface area contributed by atoms with Gasteiger partial charge in [-0.25, -0.2) is 9.78 Å². The number of carboxylic acid groups (broad SMARTS) is 1. The highest BCUT2D eigenvalue weighted by Gasteiger charge is 2.10. The molecule has 1 aromatic carbocycles. The minimum atomic E-state index is -1.03. The summed E-state index contributed by atoms with van der Waals surface area (Å²) in [6.07, 6.45) is 0. The van der Waals surface area contributed by atoms with Crippen molar-refractivity contribution in [2.24, 2.45) is 0 Å². The molecule has 0 radical (unpaired) electrons. The number of fused-ring (bicyclic) bond motifs is 1. The van der Waals surface area contributed by atoms with Crippen LogP contribution < -0.4 is 0 Å². The van der Waals surface area contributed by atoms with Gasteiger partial charge in [0.25, 0.3) is 0 Å². The van der Waals surface area contributed by atoms with Gasteiger partial charge in [0.1, 0.15) is 5.69 Å². The first-order valence-electron chi connectivity index (χ1n) is 4.48. The molecule has 0 aliphatic heterocycles. The smallest absolute Gasteiger partial charge is 0.354 e. The molecule has 0 bridgehead atoms. The zero-order valence-corrected chi connectivity index (χ0v) is 10.6. The Morgan fingerprint density at radius 1 is 1.44 bits per heavy atom. The van der Waals surface area contributed by atoms with E-state index < -0.39 is 5.97 Å². The SMILES string of the molecule is Cc1cc(C(=O)O)nc2cc(Br)c(Cl)cc12. The van der Waals surface area contributed by atoms with E-state index in [4.69, 9.17) is 16.7 Å². The van der Waals surface area contributed by atoms with Gasteiger partial charge in [-0.1, -0.05) is 11.6 Å². The molecule has 82 valence electrons. The molecular formula is C11H7BrClNO2. The third-order valence-corrected chi connectivity index (χ3v) is 3.47. The molecule has 1 N–H and O–H groups in total. The molecular weight excluding hydrogens is 293 g/mol.